The van der Waals surface area contributed by atoms with Crippen LogP contribution in [0.4, 0.5) is 21.8 Å². The molecule has 1 aliphatic rings. The van der Waals surface area contributed by atoms with Gasteiger partial charge in [0.2, 0.25) is 5.89 Å². The molecular weight excluding hydrogens is 345 g/mol. The zero-order valence-electron chi connectivity index (χ0n) is 12.8. The van der Waals surface area contributed by atoms with E-state index in [2.05, 4.69) is 20.5 Å². The zero-order valence-corrected chi connectivity index (χ0v) is 12.8. The molecule has 1 aromatic heterocycles. The van der Waals surface area contributed by atoms with Crippen LogP contribution in [0.15, 0.2) is 51.9 Å². The van der Waals surface area contributed by atoms with Gasteiger partial charge in [-0.3, -0.25) is 14.9 Å². The molecule has 1 N–H and O–H groups in total. The molecule has 0 aliphatic carbocycles. The van der Waals surface area contributed by atoms with Crippen LogP contribution in [0.5, 0.6) is 0 Å². The van der Waals surface area contributed by atoms with Crippen LogP contribution in [0.3, 0.4) is 0 Å². The SMILES string of the molecule is O=C1Nc2ccc(F)cc2C1=Nc1nnc(-c2ccc([N+](=O)[O-])cc2)o1. The number of halogens is 1. The molecule has 0 saturated heterocycles. The van der Waals surface area contributed by atoms with E-state index in [0.717, 1.165) is 0 Å². The second kappa shape index (κ2) is 5.84. The van der Waals surface area contributed by atoms with E-state index in [4.69, 9.17) is 4.42 Å². The Hall–Kier alpha value is -3.95. The third kappa shape index (κ3) is 2.69. The van der Waals surface area contributed by atoms with Crippen molar-refractivity contribution in [1.29, 1.82) is 0 Å². The summed E-state index contributed by atoms with van der Waals surface area (Å²) in [6.45, 7) is 0. The van der Waals surface area contributed by atoms with Gasteiger partial charge in [0, 0.05) is 23.3 Å². The molecule has 3 aromatic rings. The number of aliphatic imine (C=N–C) groups is 1. The van der Waals surface area contributed by atoms with Crippen LogP contribution in [0.25, 0.3) is 11.5 Å². The first kappa shape index (κ1) is 15.6. The van der Waals surface area contributed by atoms with Crippen LogP contribution >= 0.6 is 0 Å². The smallest absolute Gasteiger partial charge is 0.343 e. The summed E-state index contributed by atoms with van der Waals surface area (Å²) in [4.78, 5) is 26.2. The summed E-state index contributed by atoms with van der Waals surface area (Å²) in [5.74, 6) is -0.942. The Morgan fingerprint density at radius 2 is 1.92 bits per heavy atom. The lowest BCUT2D eigenvalue weighted by Gasteiger charge is -1.96. The summed E-state index contributed by atoms with van der Waals surface area (Å²) < 4.78 is 18.8. The lowest BCUT2D eigenvalue weighted by molar-refractivity contribution is -0.384. The summed E-state index contributed by atoms with van der Waals surface area (Å²) >= 11 is 0. The molecule has 0 fully saturated rings. The van der Waals surface area contributed by atoms with Gasteiger partial charge < -0.3 is 9.73 Å². The predicted molar refractivity (Wildman–Crippen MR) is 87.6 cm³/mol. The van der Waals surface area contributed by atoms with Crippen molar-refractivity contribution in [1.82, 2.24) is 10.2 Å². The van der Waals surface area contributed by atoms with Gasteiger partial charge in [-0.2, -0.15) is 4.99 Å². The van der Waals surface area contributed by atoms with Crippen molar-refractivity contribution in [3.05, 3.63) is 64.0 Å². The predicted octanol–water partition coefficient (Wildman–Crippen LogP) is 2.86. The van der Waals surface area contributed by atoms with Gasteiger partial charge in [-0.05, 0) is 30.3 Å². The van der Waals surface area contributed by atoms with Crippen LogP contribution in [0.1, 0.15) is 5.56 Å². The van der Waals surface area contributed by atoms with Gasteiger partial charge in [0.25, 0.3) is 11.6 Å². The number of carbonyl (C=O) groups excluding carboxylic acids is 1. The van der Waals surface area contributed by atoms with E-state index in [9.17, 15) is 19.3 Å². The van der Waals surface area contributed by atoms with Crippen molar-refractivity contribution >= 4 is 29.0 Å². The molecule has 26 heavy (non-hydrogen) atoms. The van der Waals surface area contributed by atoms with Crippen molar-refractivity contribution in [3.63, 3.8) is 0 Å². The van der Waals surface area contributed by atoms with E-state index in [1.807, 2.05) is 0 Å². The van der Waals surface area contributed by atoms with Gasteiger partial charge in [0.1, 0.15) is 11.5 Å². The van der Waals surface area contributed by atoms with Crippen molar-refractivity contribution in [3.8, 4) is 11.5 Å². The highest BCUT2D eigenvalue weighted by atomic mass is 19.1. The number of carbonyl (C=O) groups is 1. The van der Waals surface area contributed by atoms with Crippen molar-refractivity contribution in [2.75, 3.05) is 5.32 Å². The number of aromatic nitrogens is 2. The van der Waals surface area contributed by atoms with Crippen LogP contribution in [0.2, 0.25) is 0 Å². The molecule has 0 spiro atoms. The second-order valence-electron chi connectivity index (χ2n) is 5.30. The van der Waals surface area contributed by atoms with Gasteiger partial charge in [0.05, 0.1) is 10.6 Å². The summed E-state index contributed by atoms with van der Waals surface area (Å²) in [7, 11) is 0. The van der Waals surface area contributed by atoms with Gasteiger partial charge in [-0.1, -0.05) is 5.10 Å². The van der Waals surface area contributed by atoms with Crippen LogP contribution in [0, 0.1) is 15.9 Å². The molecule has 0 unspecified atom stereocenters. The molecule has 10 heteroatoms. The number of anilines is 1. The Kier molecular flexibility index (Phi) is 3.50. The van der Waals surface area contributed by atoms with Gasteiger partial charge >= 0.3 is 6.01 Å². The average molecular weight is 353 g/mol. The first-order chi connectivity index (χ1) is 12.5. The molecule has 0 radical (unpaired) electrons. The number of nitro groups is 1. The molecule has 0 saturated carbocycles. The summed E-state index contributed by atoms with van der Waals surface area (Å²) in [6.07, 6.45) is 0. The summed E-state index contributed by atoms with van der Waals surface area (Å²) in [5, 5.41) is 20.8. The topological polar surface area (TPSA) is 124 Å². The summed E-state index contributed by atoms with van der Waals surface area (Å²) in [6, 6.07) is 9.15. The van der Waals surface area contributed by atoms with Gasteiger partial charge in [-0.15, -0.1) is 5.10 Å². The maximum atomic E-state index is 13.4. The number of nitrogens with one attached hydrogen (secondary N) is 1. The molecular formula is C16H8FN5O4. The Morgan fingerprint density at radius 1 is 1.15 bits per heavy atom. The quantitative estimate of drug-likeness (QED) is 0.570. The first-order valence-corrected chi connectivity index (χ1v) is 7.29. The lowest BCUT2D eigenvalue weighted by Crippen LogP contribution is -2.13. The number of nitro benzene ring substituents is 1. The molecule has 0 atom stereocenters. The second-order valence-corrected chi connectivity index (χ2v) is 5.30. The van der Waals surface area contributed by atoms with Gasteiger partial charge in [0.15, 0.2) is 0 Å². The Labute approximate surface area is 144 Å². The van der Waals surface area contributed by atoms with E-state index in [1.54, 1.807) is 0 Å². The van der Waals surface area contributed by atoms with Crippen LogP contribution in [-0.4, -0.2) is 26.7 Å². The summed E-state index contributed by atoms with van der Waals surface area (Å²) in [5.41, 5.74) is 1.07. The highest BCUT2D eigenvalue weighted by Crippen LogP contribution is 2.28. The molecule has 2 heterocycles. The Morgan fingerprint density at radius 3 is 2.65 bits per heavy atom. The number of fused-ring (bicyclic) bond motifs is 1. The minimum atomic E-state index is -0.524. The monoisotopic (exact) mass is 353 g/mol. The van der Waals surface area contributed by atoms with Crippen molar-refractivity contribution in [2.24, 2.45) is 4.99 Å². The number of amides is 1. The van der Waals surface area contributed by atoms with E-state index in [1.165, 1.54) is 42.5 Å². The highest BCUT2D eigenvalue weighted by molar-refractivity contribution is 6.54. The lowest BCUT2D eigenvalue weighted by atomic mass is 10.1. The normalized spacial score (nSPS) is 14.3. The minimum absolute atomic E-state index is 0.0431. The molecule has 1 amide bonds. The Balaban J connectivity index is 1.67. The van der Waals surface area contributed by atoms with Crippen molar-refractivity contribution in [2.45, 2.75) is 0 Å². The maximum Gasteiger partial charge on any atom is 0.343 e. The number of hydrogen-bond acceptors (Lipinski definition) is 7. The first-order valence-electron chi connectivity index (χ1n) is 7.29. The maximum absolute atomic E-state index is 13.4. The number of hydrogen-bond donors (Lipinski definition) is 1. The molecule has 1 aliphatic heterocycles. The number of nitrogens with zero attached hydrogens (tertiary/aromatic N) is 4. The third-order valence-corrected chi connectivity index (χ3v) is 3.65. The van der Waals surface area contributed by atoms with Crippen LogP contribution < -0.4 is 5.32 Å². The van der Waals surface area contributed by atoms with E-state index in [-0.39, 0.29) is 23.3 Å². The zero-order chi connectivity index (χ0) is 18.3. The van der Waals surface area contributed by atoms with E-state index in [0.29, 0.717) is 16.8 Å². The van der Waals surface area contributed by atoms with Crippen molar-refractivity contribution < 1.29 is 18.5 Å². The number of non-ortho nitro benzene ring substituents is 1. The van der Waals surface area contributed by atoms with Crippen LogP contribution in [-0.2, 0) is 4.79 Å². The Bertz CT molecular complexity index is 1070. The fourth-order valence-corrected chi connectivity index (χ4v) is 2.43. The molecule has 9 nitrogen and oxygen atoms in total. The third-order valence-electron chi connectivity index (χ3n) is 3.65. The number of rotatable bonds is 3. The molecule has 128 valence electrons. The molecule has 2 aromatic carbocycles. The highest BCUT2D eigenvalue weighted by Gasteiger charge is 2.27. The standard InChI is InChI=1S/C16H8FN5O4/c17-9-3-6-12-11(7-9)13(14(23)18-12)19-16-21-20-15(26-16)8-1-4-10(5-2-8)22(24)25/h1-7H,(H,18,19,21,23). The molecule has 0 bridgehead atoms. The molecule has 4 rings (SSSR count). The minimum Gasteiger partial charge on any atom is -0.402 e. The largest absolute Gasteiger partial charge is 0.402 e. The average Bonchev–Trinajstić information content (AvgIpc) is 3.21. The number of benzene rings is 2. The fourth-order valence-electron chi connectivity index (χ4n) is 2.43. The van der Waals surface area contributed by atoms with Gasteiger partial charge in [-0.25, -0.2) is 4.39 Å². The fraction of sp³-hybridized carbons (Fsp3) is 0. The van der Waals surface area contributed by atoms with E-state index < -0.39 is 16.6 Å². The van der Waals surface area contributed by atoms with E-state index >= 15 is 0 Å².